The zero-order valence-electron chi connectivity index (χ0n) is 9.87. The number of nitrogens with one attached hydrogen (secondary N) is 2. The lowest BCUT2D eigenvalue weighted by molar-refractivity contribution is -0.136. The fourth-order valence-corrected chi connectivity index (χ4v) is 1.56. The van der Waals surface area contributed by atoms with E-state index in [-0.39, 0.29) is 24.3 Å². The first-order chi connectivity index (χ1) is 7.90. The maximum Gasteiger partial charge on any atom is 0.323 e. The molecule has 3 N–H and O–H groups in total. The highest BCUT2D eigenvalue weighted by molar-refractivity contribution is 5.96. The molecule has 94 valence electrons. The summed E-state index contributed by atoms with van der Waals surface area (Å²) in [5.41, 5.74) is 0.338. The number of ketones is 1. The van der Waals surface area contributed by atoms with Crippen LogP contribution >= 0.6 is 0 Å². The van der Waals surface area contributed by atoms with Crippen LogP contribution in [0.15, 0.2) is 4.79 Å². The van der Waals surface area contributed by atoms with Crippen molar-refractivity contribution < 1.29 is 14.7 Å². The van der Waals surface area contributed by atoms with Gasteiger partial charge in [0.15, 0.2) is 5.78 Å². The minimum Gasteiger partial charge on any atom is -0.481 e. The number of aromatic amines is 2. The van der Waals surface area contributed by atoms with Gasteiger partial charge in [0.05, 0.1) is 6.42 Å². The number of Topliss-reactive ketones (excluding diaryl/α,β-unsaturated/α-hetero) is 1. The number of carboxylic acids is 1. The Kier molecular flexibility index (Phi) is 4.25. The standard InChI is InChI=1S/C11H16N2O4/c1-6(2)5-7-10(13-11(17)12-7)8(14)3-4-9(15)16/h6H,3-5H2,1-2H3,(H,15,16)(H2,12,13,17). The number of imidazole rings is 1. The van der Waals surface area contributed by atoms with Gasteiger partial charge in [-0.2, -0.15) is 0 Å². The van der Waals surface area contributed by atoms with E-state index in [2.05, 4.69) is 9.97 Å². The van der Waals surface area contributed by atoms with E-state index >= 15 is 0 Å². The van der Waals surface area contributed by atoms with Crippen molar-refractivity contribution >= 4 is 11.8 Å². The number of H-pyrrole nitrogens is 2. The average Bonchev–Trinajstić information content (AvgIpc) is 2.54. The molecule has 0 spiro atoms. The second-order valence-corrected chi connectivity index (χ2v) is 4.35. The summed E-state index contributed by atoms with van der Waals surface area (Å²) >= 11 is 0. The zero-order valence-corrected chi connectivity index (χ0v) is 9.87. The Morgan fingerprint density at radius 2 is 1.88 bits per heavy atom. The summed E-state index contributed by atoms with van der Waals surface area (Å²) in [6.45, 7) is 3.94. The molecular weight excluding hydrogens is 224 g/mol. The number of carbonyl (C=O) groups is 2. The summed E-state index contributed by atoms with van der Waals surface area (Å²) in [6.07, 6.45) is 0.244. The molecule has 6 heteroatoms. The summed E-state index contributed by atoms with van der Waals surface area (Å²) in [4.78, 5) is 38.2. The molecule has 6 nitrogen and oxygen atoms in total. The van der Waals surface area contributed by atoms with E-state index in [1.54, 1.807) is 0 Å². The van der Waals surface area contributed by atoms with Crippen LogP contribution < -0.4 is 5.69 Å². The minimum atomic E-state index is -1.03. The number of aliphatic carboxylic acids is 1. The molecule has 0 fully saturated rings. The molecule has 0 aliphatic heterocycles. The maximum atomic E-state index is 11.7. The second kappa shape index (κ2) is 5.47. The van der Waals surface area contributed by atoms with E-state index in [9.17, 15) is 14.4 Å². The molecule has 0 aliphatic rings. The summed E-state index contributed by atoms with van der Waals surface area (Å²) in [6, 6.07) is 0. The first-order valence-electron chi connectivity index (χ1n) is 5.46. The molecule has 0 atom stereocenters. The molecule has 1 aromatic rings. The SMILES string of the molecule is CC(C)Cc1[nH]c(=O)[nH]c1C(=O)CCC(=O)O. The van der Waals surface area contributed by atoms with Gasteiger partial charge in [-0.3, -0.25) is 9.59 Å². The molecule has 0 saturated carbocycles. The van der Waals surface area contributed by atoms with Crippen molar-refractivity contribution in [3.63, 3.8) is 0 Å². The van der Waals surface area contributed by atoms with Gasteiger partial charge in [-0.1, -0.05) is 13.8 Å². The van der Waals surface area contributed by atoms with E-state index < -0.39 is 11.7 Å². The van der Waals surface area contributed by atoms with Gasteiger partial charge in [-0.15, -0.1) is 0 Å². The lowest BCUT2D eigenvalue weighted by Crippen LogP contribution is -2.08. The lowest BCUT2D eigenvalue weighted by atomic mass is 10.0. The van der Waals surface area contributed by atoms with Crippen LogP contribution in [-0.4, -0.2) is 26.8 Å². The molecule has 0 unspecified atom stereocenters. The average molecular weight is 240 g/mol. The van der Waals surface area contributed by atoms with Gasteiger partial charge in [0.2, 0.25) is 0 Å². The first kappa shape index (κ1) is 13.2. The van der Waals surface area contributed by atoms with Gasteiger partial charge in [0, 0.05) is 12.1 Å². The summed E-state index contributed by atoms with van der Waals surface area (Å²) in [5.74, 6) is -1.07. The Morgan fingerprint density at radius 1 is 1.24 bits per heavy atom. The van der Waals surface area contributed by atoms with Gasteiger partial charge in [0.25, 0.3) is 0 Å². The van der Waals surface area contributed by atoms with Crippen LogP contribution in [0.1, 0.15) is 42.9 Å². The van der Waals surface area contributed by atoms with Gasteiger partial charge >= 0.3 is 11.7 Å². The first-order valence-corrected chi connectivity index (χ1v) is 5.46. The third-order valence-corrected chi connectivity index (χ3v) is 2.26. The van der Waals surface area contributed by atoms with Crippen LogP contribution in [0, 0.1) is 5.92 Å². The van der Waals surface area contributed by atoms with E-state index in [1.165, 1.54) is 0 Å². The van der Waals surface area contributed by atoms with Crippen molar-refractivity contribution in [3.8, 4) is 0 Å². The number of hydrogen-bond acceptors (Lipinski definition) is 3. The van der Waals surface area contributed by atoms with Gasteiger partial charge in [-0.05, 0) is 12.3 Å². The minimum absolute atomic E-state index is 0.103. The second-order valence-electron chi connectivity index (χ2n) is 4.35. The predicted molar refractivity (Wildman–Crippen MR) is 61.2 cm³/mol. The maximum absolute atomic E-state index is 11.7. The van der Waals surface area contributed by atoms with Crippen LogP contribution in [0.5, 0.6) is 0 Å². The molecule has 1 rings (SSSR count). The monoisotopic (exact) mass is 240 g/mol. The number of carboxylic acid groups (broad SMARTS) is 1. The van der Waals surface area contributed by atoms with Gasteiger partial charge in [0.1, 0.15) is 5.69 Å². The third kappa shape index (κ3) is 3.90. The highest BCUT2D eigenvalue weighted by atomic mass is 16.4. The Hall–Kier alpha value is -1.85. The van der Waals surface area contributed by atoms with Crippen LogP contribution in [0.25, 0.3) is 0 Å². The smallest absolute Gasteiger partial charge is 0.323 e. The molecule has 17 heavy (non-hydrogen) atoms. The predicted octanol–water partition coefficient (Wildman–Crippen LogP) is 0.949. The van der Waals surface area contributed by atoms with Crippen molar-refractivity contribution in [1.82, 2.24) is 9.97 Å². The van der Waals surface area contributed by atoms with Crippen LogP contribution in [0.2, 0.25) is 0 Å². The molecule has 0 radical (unpaired) electrons. The molecule has 1 aromatic heterocycles. The highest BCUT2D eigenvalue weighted by Gasteiger charge is 2.16. The van der Waals surface area contributed by atoms with Crippen molar-refractivity contribution in [3.05, 3.63) is 21.9 Å². The molecule has 0 saturated heterocycles. The number of hydrogen-bond donors (Lipinski definition) is 3. The summed E-state index contributed by atoms with van der Waals surface area (Å²) < 4.78 is 0. The normalized spacial score (nSPS) is 10.8. The quantitative estimate of drug-likeness (QED) is 0.644. The Morgan fingerprint density at radius 3 is 2.41 bits per heavy atom. The van der Waals surface area contributed by atoms with E-state index in [0.29, 0.717) is 18.0 Å². The molecule has 0 aliphatic carbocycles. The largest absolute Gasteiger partial charge is 0.481 e. The third-order valence-electron chi connectivity index (χ3n) is 2.26. The van der Waals surface area contributed by atoms with Crippen LogP contribution in [0.3, 0.4) is 0 Å². The summed E-state index contributed by atoms with van der Waals surface area (Å²) in [5, 5.41) is 8.50. The topological polar surface area (TPSA) is 103 Å². The molecule has 0 aromatic carbocycles. The van der Waals surface area contributed by atoms with E-state index in [0.717, 1.165) is 0 Å². The molecule has 0 amide bonds. The number of carbonyl (C=O) groups excluding carboxylic acids is 1. The van der Waals surface area contributed by atoms with E-state index in [4.69, 9.17) is 5.11 Å². The Balaban J connectivity index is 2.85. The van der Waals surface area contributed by atoms with Gasteiger partial charge in [-0.25, -0.2) is 4.79 Å². The zero-order chi connectivity index (χ0) is 13.0. The van der Waals surface area contributed by atoms with Crippen molar-refractivity contribution in [1.29, 1.82) is 0 Å². The Bertz CT molecular complexity index is 470. The van der Waals surface area contributed by atoms with Crippen LogP contribution in [0.4, 0.5) is 0 Å². The summed E-state index contributed by atoms with van der Waals surface area (Å²) in [7, 11) is 0. The molecule has 1 heterocycles. The van der Waals surface area contributed by atoms with E-state index in [1.807, 2.05) is 13.8 Å². The highest BCUT2D eigenvalue weighted by Crippen LogP contribution is 2.10. The van der Waals surface area contributed by atoms with Crippen LogP contribution in [-0.2, 0) is 11.2 Å². The van der Waals surface area contributed by atoms with Crippen molar-refractivity contribution in [2.45, 2.75) is 33.1 Å². The number of aromatic nitrogens is 2. The molecular formula is C11H16N2O4. The van der Waals surface area contributed by atoms with Crippen molar-refractivity contribution in [2.24, 2.45) is 5.92 Å². The molecule has 0 bridgehead atoms. The lowest BCUT2D eigenvalue weighted by Gasteiger charge is -2.04. The fraction of sp³-hybridized carbons (Fsp3) is 0.545. The fourth-order valence-electron chi connectivity index (χ4n) is 1.56. The Labute approximate surface area is 98.1 Å². The number of rotatable bonds is 6. The van der Waals surface area contributed by atoms with Gasteiger partial charge < -0.3 is 15.1 Å². The van der Waals surface area contributed by atoms with Crippen molar-refractivity contribution in [2.75, 3.05) is 0 Å².